The highest BCUT2D eigenvalue weighted by Gasteiger charge is 1.92. The Hall–Kier alpha value is -0.520. The van der Waals surface area contributed by atoms with Gasteiger partial charge in [0.2, 0.25) is 0 Å². The standard InChI is InChI=1S/C17H32/c1-4-6-7-8-9-10-11-12-13-14-15-16-17(3)5-2/h8-9H,3-7,10-16H2,1-2H3/b9-8-. The first-order chi connectivity index (χ1) is 8.31. The predicted molar refractivity (Wildman–Crippen MR) is 80.4 cm³/mol. The summed E-state index contributed by atoms with van der Waals surface area (Å²) in [6.07, 6.45) is 19.2. The fourth-order valence-corrected chi connectivity index (χ4v) is 1.90. The van der Waals surface area contributed by atoms with Crippen molar-refractivity contribution in [2.75, 3.05) is 0 Å². The molecule has 0 heteroatoms. The quantitative estimate of drug-likeness (QED) is 0.270. The van der Waals surface area contributed by atoms with Crippen LogP contribution in [-0.2, 0) is 0 Å². The summed E-state index contributed by atoms with van der Waals surface area (Å²) in [4.78, 5) is 0. The fraction of sp³-hybridized carbons (Fsp3) is 0.765. The third-order valence-electron chi connectivity index (χ3n) is 3.29. The summed E-state index contributed by atoms with van der Waals surface area (Å²) in [5.74, 6) is 0. The van der Waals surface area contributed by atoms with Gasteiger partial charge in [-0.25, -0.2) is 0 Å². The molecule has 0 saturated carbocycles. The van der Waals surface area contributed by atoms with Crippen molar-refractivity contribution < 1.29 is 0 Å². The molecule has 0 aromatic heterocycles. The van der Waals surface area contributed by atoms with E-state index in [1.807, 2.05) is 0 Å². The van der Waals surface area contributed by atoms with Crippen LogP contribution in [0.4, 0.5) is 0 Å². The van der Waals surface area contributed by atoms with Gasteiger partial charge in [0.25, 0.3) is 0 Å². The minimum absolute atomic E-state index is 1.16. The van der Waals surface area contributed by atoms with E-state index < -0.39 is 0 Å². The van der Waals surface area contributed by atoms with Gasteiger partial charge in [0, 0.05) is 0 Å². The molecule has 0 rings (SSSR count). The normalized spacial score (nSPS) is 11.2. The van der Waals surface area contributed by atoms with Crippen LogP contribution in [0.3, 0.4) is 0 Å². The molecule has 0 amide bonds. The molecule has 0 aliphatic heterocycles. The van der Waals surface area contributed by atoms with Crippen LogP contribution >= 0.6 is 0 Å². The highest BCUT2D eigenvalue weighted by atomic mass is 14.0. The maximum absolute atomic E-state index is 4.05. The summed E-state index contributed by atoms with van der Waals surface area (Å²) in [7, 11) is 0. The Kier molecular flexibility index (Phi) is 13.1. The summed E-state index contributed by atoms with van der Waals surface area (Å²) in [5, 5.41) is 0. The first-order valence-corrected chi connectivity index (χ1v) is 7.62. The lowest BCUT2D eigenvalue weighted by Gasteiger charge is -2.02. The molecule has 0 fully saturated rings. The average molecular weight is 236 g/mol. The van der Waals surface area contributed by atoms with E-state index in [0.29, 0.717) is 0 Å². The molecule has 0 radical (unpaired) electrons. The Morgan fingerprint density at radius 2 is 1.41 bits per heavy atom. The third kappa shape index (κ3) is 13.4. The van der Waals surface area contributed by atoms with E-state index in [2.05, 4.69) is 32.6 Å². The largest absolute Gasteiger partial charge is 0.0999 e. The molecule has 0 bridgehead atoms. The summed E-state index contributed by atoms with van der Waals surface area (Å²) in [6, 6.07) is 0. The number of hydrogen-bond donors (Lipinski definition) is 0. The second kappa shape index (κ2) is 13.5. The predicted octanol–water partition coefficient (Wildman–Crippen LogP) is 6.43. The number of rotatable bonds is 12. The summed E-state index contributed by atoms with van der Waals surface area (Å²) < 4.78 is 0. The van der Waals surface area contributed by atoms with Crippen LogP contribution < -0.4 is 0 Å². The maximum Gasteiger partial charge on any atom is -0.0323 e. The number of hydrogen-bond acceptors (Lipinski definition) is 0. The van der Waals surface area contributed by atoms with Crippen molar-refractivity contribution in [3.63, 3.8) is 0 Å². The van der Waals surface area contributed by atoms with E-state index in [-0.39, 0.29) is 0 Å². The Labute approximate surface area is 109 Å². The van der Waals surface area contributed by atoms with Gasteiger partial charge in [-0.15, -0.1) is 0 Å². The van der Waals surface area contributed by atoms with Gasteiger partial charge in [-0.05, 0) is 38.5 Å². The zero-order valence-electron chi connectivity index (χ0n) is 12.1. The molecule has 0 saturated heterocycles. The highest BCUT2D eigenvalue weighted by Crippen LogP contribution is 2.12. The van der Waals surface area contributed by atoms with Crippen LogP contribution in [0.15, 0.2) is 24.3 Å². The van der Waals surface area contributed by atoms with Crippen molar-refractivity contribution in [3.8, 4) is 0 Å². The average Bonchev–Trinajstić information content (AvgIpc) is 2.35. The van der Waals surface area contributed by atoms with E-state index in [9.17, 15) is 0 Å². The van der Waals surface area contributed by atoms with Gasteiger partial charge < -0.3 is 0 Å². The van der Waals surface area contributed by atoms with Crippen molar-refractivity contribution in [2.45, 2.75) is 84.5 Å². The molecule has 0 atom stereocenters. The van der Waals surface area contributed by atoms with Crippen molar-refractivity contribution in [1.29, 1.82) is 0 Å². The smallest absolute Gasteiger partial charge is 0.0323 e. The Morgan fingerprint density at radius 3 is 2.06 bits per heavy atom. The molecule has 0 spiro atoms. The number of allylic oxidation sites excluding steroid dienone is 3. The Morgan fingerprint density at radius 1 is 0.824 bits per heavy atom. The number of unbranched alkanes of at least 4 members (excludes halogenated alkanes) is 7. The van der Waals surface area contributed by atoms with Crippen LogP contribution in [0.5, 0.6) is 0 Å². The van der Waals surface area contributed by atoms with Gasteiger partial charge in [-0.3, -0.25) is 0 Å². The lowest BCUT2D eigenvalue weighted by Crippen LogP contribution is -1.82. The van der Waals surface area contributed by atoms with Crippen LogP contribution in [0.1, 0.15) is 84.5 Å². The highest BCUT2D eigenvalue weighted by molar-refractivity contribution is 4.91. The Balaban J connectivity index is 3.08. The summed E-state index contributed by atoms with van der Waals surface area (Å²) >= 11 is 0. The van der Waals surface area contributed by atoms with Crippen LogP contribution in [0.2, 0.25) is 0 Å². The van der Waals surface area contributed by atoms with Crippen molar-refractivity contribution in [2.24, 2.45) is 0 Å². The second-order valence-electron chi connectivity index (χ2n) is 5.02. The second-order valence-corrected chi connectivity index (χ2v) is 5.02. The molecule has 0 unspecified atom stereocenters. The maximum atomic E-state index is 4.05. The van der Waals surface area contributed by atoms with Gasteiger partial charge in [-0.2, -0.15) is 0 Å². The topological polar surface area (TPSA) is 0 Å². The van der Waals surface area contributed by atoms with E-state index in [1.165, 1.54) is 69.8 Å². The lowest BCUT2D eigenvalue weighted by molar-refractivity contribution is 0.613. The van der Waals surface area contributed by atoms with Gasteiger partial charge in [0.1, 0.15) is 0 Å². The molecule has 0 nitrogen and oxygen atoms in total. The minimum atomic E-state index is 1.16. The van der Waals surface area contributed by atoms with Gasteiger partial charge in [-0.1, -0.05) is 70.3 Å². The molecule has 0 aliphatic rings. The molecule has 0 aromatic carbocycles. The van der Waals surface area contributed by atoms with Crippen LogP contribution in [-0.4, -0.2) is 0 Å². The molecular weight excluding hydrogens is 204 g/mol. The van der Waals surface area contributed by atoms with Crippen molar-refractivity contribution in [3.05, 3.63) is 24.3 Å². The first-order valence-electron chi connectivity index (χ1n) is 7.62. The van der Waals surface area contributed by atoms with Gasteiger partial charge in [0.05, 0.1) is 0 Å². The third-order valence-corrected chi connectivity index (χ3v) is 3.29. The Bertz CT molecular complexity index is 188. The molecular formula is C17H32. The van der Waals surface area contributed by atoms with Gasteiger partial charge >= 0.3 is 0 Å². The molecule has 0 aliphatic carbocycles. The molecule has 0 heterocycles. The van der Waals surface area contributed by atoms with Crippen molar-refractivity contribution >= 4 is 0 Å². The molecule has 0 N–H and O–H groups in total. The van der Waals surface area contributed by atoms with E-state index >= 15 is 0 Å². The zero-order valence-corrected chi connectivity index (χ0v) is 12.1. The molecule has 100 valence electrons. The van der Waals surface area contributed by atoms with Crippen LogP contribution in [0, 0.1) is 0 Å². The SMILES string of the molecule is C=C(CC)CCCCCCC/C=C\CCCC. The fourth-order valence-electron chi connectivity index (χ4n) is 1.90. The van der Waals surface area contributed by atoms with E-state index in [1.54, 1.807) is 0 Å². The van der Waals surface area contributed by atoms with E-state index in [4.69, 9.17) is 0 Å². The van der Waals surface area contributed by atoms with Crippen molar-refractivity contribution in [1.82, 2.24) is 0 Å². The lowest BCUT2D eigenvalue weighted by atomic mass is 10.0. The van der Waals surface area contributed by atoms with Crippen LogP contribution in [0.25, 0.3) is 0 Å². The first kappa shape index (κ1) is 16.5. The zero-order chi connectivity index (χ0) is 12.8. The molecule has 0 aromatic rings. The van der Waals surface area contributed by atoms with E-state index in [0.717, 1.165) is 6.42 Å². The summed E-state index contributed by atoms with van der Waals surface area (Å²) in [6.45, 7) is 8.50. The molecule has 17 heavy (non-hydrogen) atoms. The summed E-state index contributed by atoms with van der Waals surface area (Å²) in [5.41, 5.74) is 1.42. The van der Waals surface area contributed by atoms with Gasteiger partial charge in [0.15, 0.2) is 0 Å². The minimum Gasteiger partial charge on any atom is -0.0999 e. The monoisotopic (exact) mass is 236 g/mol.